The van der Waals surface area contributed by atoms with Crippen LogP contribution in [0.5, 0.6) is 5.75 Å². The molecule has 0 saturated carbocycles. The standard InChI is InChI=1S/C19H17FO3/c1-23-11-3-5-12-10(8-11)2-4-14-13(12)6-7-15-17(21)9-16(20)19(22)18(14)15/h3,5,8-9,15,18H,2,4,6-7H2,1H3/t15-,18-/m1/s1. The minimum atomic E-state index is -0.884. The molecule has 0 N–H and O–H groups in total. The largest absolute Gasteiger partial charge is 0.497 e. The Morgan fingerprint density at radius 3 is 2.78 bits per heavy atom. The van der Waals surface area contributed by atoms with Gasteiger partial charge >= 0.3 is 0 Å². The van der Waals surface area contributed by atoms with Crippen molar-refractivity contribution in [3.63, 3.8) is 0 Å². The fourth-order valence-electron chi connectivity index (χ4n) is 4.24. The van der Waals surface area contributed by atoms with Crippen molar-refractivity contribution in [2.75, 3.05) is 7.11 Å². The quantitative estimate of drug-likeness (QED) is 0.798. The predicted molar refractivity (Wildman–Crippen MR) is 83.7 cm³/mol. The van der Waals surface area contributed by atoms with Gasteiger partial charge in [-0.05, 0) is 54.5 Å². The molecule has 2 atom stereocenters. The lowest BCUT2D eigenvalue weighted by molar-refractivity contribution is -0.130. The SMILES string of the molecule is COc1ccc2c(c1)CCC1=C2CC[C@@H]2C(=O)C=C(F)C(=O)[C@H]12. The molecule has 3 nitrogen and oxygen atoms in total. The Bertz CT molecular complexity index is 788. The van der Waals surface area contributed by atoms with Crippen LogP contribution < -0.4 is 4.74 Å². The number of fused-ring (bicyclic) bond motifs is 4. The molecular weight excluding hydrogens is 295 g/mol. The highest BCUT2D eigenvalue weighted by molar-refractivity contribution is 6.11. The second-order valence-electron chi connectivity index (χ2n) is 6.41. The molecule has 118 valence electrons. The van der Waals surface area contributed by atoms with E-state index in [-0.39, 0.29) is 11.7 Å². The zero-order valence-corrected chi connectivity index (χ0v) is 12.9. The first-order valence-corrected chi connectivity index (χ1v) is 7.94. The van der Waals surface area contributed by atoms with Crippen LogP contribution >= 0.6 is 0 Å². The van der Waals surface area contributed by atoms with Crippen LogP contribution in [0, 0.1) is 11.8 Å². The predicted octanol–water partition coefficient (Wildman–Crippen LogP) is 3.43. The second-order valence-corrected chi connectivity index (χ2v) is 6.41. The molecule has 4 heteroatoms. The van der Waals surface area contributed by atoms with Gasteiger partial charge in [-0.3, -0.25) is 9.59 Å². The fourth-order valence-corrected chi connectivity index (χ4v) is 4.24. The van der Waals surface area contributed by atoms with E-state index in [4.69, 9.17) is 4.74 Å². The van der Waals surface area contributed by atoms with Gasteiger partial charge in [0.1, 0.15) is 5.75 Å². The second kappa shape index (κ2) is 5.15. The molecule has 0 bridgehead atoms. The van der Waals surface area contributed by atoms with Gasteiger partial charge in [0, 0.05) is 12.0 Å². The summed E-state index contributed by atoms with van der Waals surface area (Å²) in [5.74, 6) is -1.78. The number of hydrogen-bond acceptors (Lipinski definition) is 3. The van der Waals surface area contributed by atoms with E-state index in [0.29, 0.717) is 12.8 Å². The van der Waals surface area contributed by atoms with Crippen molar-refractivity contribution in [1.82, 2.24) is 0 Å². The highest BCUT2D eigenvalue weighted by atomic mass is 19.1. The van der Waals surface area contributed by atoms with Crippen molar-refractivity contribution in [1.29, 1.82) is 0 Å². The third kappa shape index (κ3) is 2.08. The number of allylic oxidation sites excluding steroid dienone is 4. The summed E-state index contributed by atoms with van der Waals surface area (Å²) < 4.78 is 19.1. The van der Waals surface area contributed by atoms with Crippen molar-refractivity contribution >= 4 is 17.1 Å². The summed E-state index contributed by atoms with van der Waals surface area (Å²) in [6.07, 6.45) is 3.77. The smallest absolute Gasteiger partial charge is 0.199 e. The number of halogens is 1. The monoisotopic (exact) mass is 312 g/mol. The van der Waals surface area contributed by atoms with Gasteiger partial charge in [-0.25, -0.2) is 4.39 Å². The van der Waals surface area contributed by atoms with Crippen molar-refractivity contribution in [2.24, 2.45) is 11.8 Å². The van der Waals surface area contributed by atoms with Gasteiger partial charge in [0.2, 0.25) is 0 Å². The van der Waals surface area contributed by atoms with E-state index in [1.165, 1.54) is 5.56 Å². The fraction of sp³-hybridized carbons (Fsp3) is 0.368. The molecule has 1 aromatic carbocycles. The maximum Gasteiger partial charge on any atom is 0.199 e. The number of benzene rings is 1. The molecule has 0 saturated heterocycles. The number of aryl methyl sites for hydroxylation is 1. The summed E-state index contributed by atoms with van der Waals surface area (Å²) in [5, 5.41) is 0. The summed E-state index contributed by atoms with van der Waals surface area (Å²) in [6, 6.07) is 5.96. The molecule has 3 aliphatic rings. The van der Waals surface area contributed by atoms with Gasteiger partial charge in [-0.1, -0.05) is 11.6 Å². The molecule has 0 fully saturated rings. The minimum absolute atomic E-state index is 0.237. The van der Waals surface area contributed by atoms with E-state index in [2.05, 4.69) is 0 Å². The highest BCUT2D eigenvalue weighted by Crippen LogP contribution is 2.48. The molecule has 4 rings (SSSR count). The number of carbonyl (C=O) groups excluding carboxylic acids is 2. The molecule has 0 aromatic heterocycles. The summed E-state index contributed by atoms with van der Waals surface area (Å²) >= 11 is 0. The number of ether oxygens (including phenoxy) is 1. The molecule has 0 amide bonds. The Balaban J connectivity index is 1.83. The Kier molecular flexibility index (Phi) is 3.22. The Hall–Kier alpha value is -2.23. The highest BCUT2D eigenvalue weighted by Gasteiger charge is 2.45. The zero-order valence-electron chi connectivity index (χ0n) is 12.9. The topological polar surface area (TPSA) is 43.4 Å². The van der Waals surface area contributed by atoms with Gasteiger partial charge in [-0.2, -0.15) is 0 Å². The first kappa shape index (κ1) is 14.4. The lowest BCUT2D eigenvalue weighted by Crippen LogP contribution is -2.38. The van der Waals surface area contributed by atoms with Crippen LogP contribution in [0.3, 0.4) is 0 Å². The van der Waals surface area contributed by atoms with Crippen LogP contribution in [0.25, 0.3) is 5.57 Å². The number of ketones is 2. The van der Waals surface area contributed by atoms with Crippen molar-refractivity contribution in [3.05, 3.63) is 46.8 Å². The van der Waals surface area contributed by atoms with Crippen molar-refractivity contribution in [2.45, 2.75) is 25.7 Å². The van der Waals surface area contributed by atoms with Crippen LogP contribution in [-0.4, -0.2) is 18.7 Å². The summed E-state index contributed by atoms with van der Waals surface area (Å²) in [4.78, 5) is 24.4. The van der Waals surface area contributed by atoms with Gasteiger partial charge in [-0.15, -0.1) is 0 Å². The molecule has 0 aliphatic heterocycles. The van der Waals surface area contributed by atoms with Crippen LogP contribution in [0.4, 0.5) is 4.39 Å². The molecule has 23 heavy (non-hydrogen) atoms. The molecule has 1 aromatic rings. The summed E-state index contributed by atoms with van der Waals surface area (Å²) in [6.45, 7) is 0. The van der Waals surface area contributed by atoms with Crippen molar-refractivity contribution < 1.29 is 18.7 Å². The Morgan fingerprint density at radius 1 is 1.17 bits per heavy atom. The number of rotatable bonds is 1. The van der Waals surface area contributed by atoms with E-state index in [1.54, 1.807) is 7.11 Å². The average molecular weight is 312 g/mol. The van der Waals surface area contributed by atoms with E-state index in [9.17, 15) is 14.0 Å². The van der Waals surface area contributed by atoms with Gasteiger partial charge in [0.25, 0.3) is 0 Å². The summed E-state index contributed by atoms with van der Waals surface area (Å²) in [5.41, 5.74) is 4.43. The lowest BCUT2D eigenvalue weighted by atomic mass is 9.64. The van der Waals surface area contributed by atoms with Gasteiger partial charge in [0.05, 0.1) is 13.0 Å². The molecule has 3 aliphatic carbocycles. The maximum absolute atomic E-state index is 13.8. The third-order valence-electron chi connectivity index (χ3n) is 5.32. The molecular formula is C19H17FO3. The maximum atomic E-state index is 13.8. The Labute approximate surface area is 133 Å². The number of Topliss-reactive ketones (excluding diaryl/α,β-unsaturated/α-hetero) is 1. The first-order valence-electron chi connectivity index (χ1n) is 7.94. The lowest BCUT2D eigenvalue weighted by Gasteiger charge is -2.38. The van der Waals surface area contributed by atoms with E-state index >= 15 is 0 Å². The summed E-state index contributed by atoms with van der Waals surface area (Å²) in [7, 11) is 1.64. The van der Waals surface area contributed by atoms with E-state index < -0.39 is 17.5 Å². The first-order chi connectivity index (χ1) is 11.1. The molecule has 0 radical (unpaired) electrons. The minimum Gasteiger partial charge on any atom is -0.497 e. The third-order valence-corrected chi connectivity index (χ3v) is 5.32. The van der Waals surface area contributed by atoms with Crippen LogP contribution in [0.15, 0.2) is 35.7 Å². The Morgan fingerprint density at radius 2 is 2.00 bits per heavy atom. The van der Waals surface area contributed by atoms with Crippen LogP contribution in [0.1, 0.15) is 30.4 Å². The average Bonchev–Trinajstić information content (AvgIpc) is 2.58. The van der Waals surface area contributed by atoms with Gasteiger partial charge in [0.15, 0.2) is 17.4 Å². The molecule has 0 spiro atoms. The molecule has 0 unspecified atom stereocenters. The van der Waals surface area contributed by atoms with Crippen LogP contribution in [0.2, 0.25) is 0 Å². The molecule has 0 heterocycles. The van der Waals surface area contributed by atoms with E-state index in [1.807, 2.05) is 18.2 Å². The van der Waals surface area contributed by atoms with Crippen LogP contribution in [-0.2, 0) is 16.0 Å². The van der Waals surface area contributed by atoms with Gasteiger partial charge < -0.3 is 4.74 Å². The number of hydrogen-bond donors (Lipinski definition) is 0. The van der Waals surface area contributed by atoms with E-state index in [0.717, 1.165) is 41.4 Å². The normalized spacial score (nSPS) is 26.3. The number of methoxy groups -OCH3 is 1. The zero-order chi connectivity index (χ0) is 16.1. The van der Waals surface area contributed by atoms with Crippen molar-refractivity contribution in [3.8, 4) is 5.75 Å². The number of carbonyl (C=O) groups is 2.